The number of nitriles is 1. The third-order valence-electron chi connectivity index (χ3n) is 4.97. The standard InChI is InChI=1S/C17H21N3O/c1-20(12-14-4-2-13(11-18)3-5-14)16(21)15-10-17(15)6-8-19-9-7-17/h2-5,15,19H,6-10,12H2,1H3. The van der Waals surface area contributed by atoms with Gasteiger partial charge < -0.3 is 10.2 Å². The van der Waals surface area contributed by atoms with Crippen LogP contribution in [0.25, 0.3) is 0 Å². The number of amides is 1. The summed E-state index contributed by atoms with van der Waals surface area (Å²) < 4.78 is 0. The highest BCUT2D eigenvalue weighted by atomic mass is 16.2. The minimum Gasteiger partial charge on any atom is -0.341 e. The number of hydrogen-bond donors (Lipinski definition) is 1. The Morgan fingerprint density at radius 1 is 1.38 bits per heavy atom. The van der Waals surface area contributed by atoms with Gasteiger partial charge in [-0.25, -0.2) is 0 Å². The lowest BCUT2D eigenvalue weighted by molar-refractivity contribution is -0.132. The zero-order valence-electron chi connectivity index (χ0n) is 12.4. The molecule has 1 aliphatic carbocycles. The number of rotatable bonds is 3. The van der Waals surface area contributed by atoms with E-state index < -0.39 is 0 Å². The molecule has 0 bridgehead atoms. The maximum absolute atomic E-state index is 12.6. The van der Waals surface area contributed by atoms with Crippen molar-refractivity contribution in [2.45, 2.75) is 25.8 Å². The third-order valence-corrected chi connectivity index (χ3v) is 4.97. The number of benzene rings is 1. The Hall–Kier alpha value is -1.86. The molecule has 1 spiro atoms. The molecular weight excluding hydrogens is 262 g/mol. The van der Waals surface area contributed by atoms with Gasteiger partial charge in [-0.1, -0.05) is 12.1 Å². The molecule has 4 heteroatoms. The molecule has 2 aliphatic rings. The predicted octanol–water partition coefficient (Wildman–Crippen LogP) is 1.91. The summed E-state index contributed by atoms with van der Waals surface area (Å²) >= 11 is 0. The fourth-order valence-electron chi connectivity index (χ4n) is 3.48. The van der Waals surface area contributed by atoms with Crippen LogP contribution in [0.1, 0.15) is 30.4 Å². The normalized spacial score (nSPS) is 22.6. The minimum atomic E-state index is 0.225. The van der Waals surface area contributed by atoms with Gasteiger partial charge in [0.1, 0.15) is 0 Å². The molecule has 1 saturated carbocycles. The maximum Gasteiger partial charge on any atom is 0.226 e. The van der Waals surface area contributed by atoms with Gasteiger partial charge in [-0.15, -0.1) is 0 Å². The van der Waals surface area contributed by atoms with Crippen molar-refractivity contribution in [3.8, 4) is 6.07 Å². The molecule has 1 heterocycles. The first-order chi connectivity index (χ1) is 10.1. The van der Waals surface area contributed by atoms with E-state index in [0.29, 0.717) is 17.5 Å². The zero-order valence-corrected chi connectivity index (χ0v) is 12.4. The second-order valence-corrected chi connectivity index (χ2v) is 6.37. The molecule has 110 valence electrons. The van der Waals surface area contributed by atoms with Crippen molar-refractivity contribution in [2.24, 2.45) is 11.3 Å². The van der Waals surface area contributed by atoms with E-state index in [2.05, 4.69) is 11.4 Å². The summed E-state index contributed by atoms with van der Waals surface area (Å²) in [7, 11) is 1.88. The fourth-order valence-corrected chi connectivity index (χ4v) is 3.48. The molecule has 4 nitrogen and oxygen atoms in total. The van der Waals surface area contributed by atoms with Crippen LogP contribution in [-0.4, -0.2) is 30.9 Å². The average molecular weight is 283 g/mol. The maximum atomic E-state index is 12.6. The van der Waals surface area contributed by atoms with E-state index in [1.165, 1.54) is 0 Å². The number of carbonyl (C=O) groups excluding carboxylic acids is 1. The quantitative estimate of drug-likeness (QED) is 0.922. The number of nitrogens with zero attached hydrogens (tertiary/aromatic N) is 2. The van der Waals surface area contributed by atoms with Crippen molar-refractivity contribution >= 4 is 5.91 Å². The van der Waals surface area contributed by atoms with Crippen LogP contribution >= 0.6 is 0 Å². The van der Waals surface area contributed by atoms with Gasteiger partial charge in [0.05, 0.1) is 11.6 Å². The highest BCUT2D eigenvalue weighted by Crippen LogP contribution is 2.59. The summed E-state index contributed by atoms with van der Waals surface area (Å²) in [4.78, 5) is 14.4. The first kappa shape index (κ1) is 14.1. The largest absolute Gasteiger partial charge is 0.341 e. The molecule has 1 atom stereocenters. The van der Waals surface area contributed by atoms with E-state index >= 15 is 0 Å². The number of nitrogens with one attached hydrogen (secondary N) is 1. The molecule has 1 aromatic carbocycles. The van der Waals surface area contributed by atoms with Gasteiger partial charge in [-0.05, 0) is 55.5 Å². The SMILES string of the molecule is CN(Cc1ccc(C#N)cc1)C(=O)C1CC12CCNCC2. The molecule has 2 fully saturated rings. The molecule has 1 saturated heterocycles. The topological polar surface area (TPSA) is 56.1 Å². The number of carbonyl (C=O) groups is 1. The van der Waals surface area contributed by atoms with Gasteiger partial charge in [-0.2, -0.15) is 5.26 Å². The molecule has 3 rings (SSSR count). The monoisotopic (exact) mass is 283 g/mol. The molecule has 1 aliphatic heterocycles. The van der Waals surface area contributed by atoms with E-state index in [4.69, 9.17) is 5.26 Å². The number of piperidine rings is 1. The Labute approximate surface area is 125 Å². The Kier molecular flexibility index (Phi) is 3.69. The molecular formula is C17H21N3O. The highest BCUT2D eigenvalue weighted by Gasteiger charge is 2.58. The van der Waals surface area contributed by atoms with Crippen molar-refractivity contribution in [3.05, 3.63) is 35.4 Å². The van der Waals surface area contributed by atoms with Gasteiger partial charge in [0.25, 0.3) is 0 Å². The lowest BCUT2D eigenvalue weighted by Gasteiger charge is -2.25. The van der Waals surface area contributed by atoms with Crippen molar-refractivity contribution < 1.29 is 4.79 Å². The Bertz CT molecular complexity index is 567. The Morgan fingerprint density at radius 2 is 2.05 bits per heavy atom. The first-order valence-electron chi connectivity index (χ1n) is 7.59. The van der Waals surface area contributed by atoms with Gasteiger partial charge >= 0.3 is 0 Å². The first-order valence-corrected chi connectivity index (χ1v) is 7.59. The predicted molar refractivity (Wildman–Crippen MR) is 80.3 cm³/mol. The van der Waals surface area contributed by atoms with Crippen molar-refractivity contribution in [1.29, 1.82) is 5.26 Å². The highest BCUT2D eigenvalue weighted by molar-refractivity contribution is 5.82. The van der Waals surface area contributed by atoms with E-state index in [0.717, 1.165) is 37.9 Å². The summed E-state index contributed by atoms with van der Waals surface area (Å²) in [5.41, 5.74) is 2.02. The van der Waals surface area contributed by atoms with E-state index in [-0.39, 0.29) is 11.8 Å². The second-order valence-electron chi connectivity index (χ2n) is 6.37. The zero-order chi connectivity index (χ0) is 14.9. The molecule has 1 unspecified atom stereocenters. The van der Waals surface area contributed by atoms with Crippen LogP contribution in [0.4, 0.5) is 0 Å². The number of hydrogen-bond acceptors (Lipinski definition) is 3. The average Bonchev–Trinajstić information content (AvgIpc) is 3.21. The van der Waals surface area contributed by atoms with Crippen LogP contribution in [0, 0.1) is 22.7 Å². The van der Waals surface area contributed by atoms with Gasteiger partial charge in [0.15, 0.2) is 0 Å². The Balaban J connectivity index is 1.59. The van der Waals surface area contributed by atoms with Crippen molar-refractivity contribution in [2.75, 3.05) is 20.1 Å². The second kappa shape index (κ2) is 5.50. The third kappa shape index (κ3) is 2.79. The molecule has 1 amide bonds. The Morgan fingerprint density at radius 3 is 2.67 bits per heavy atom. The minimum absolute atomic E-state index is 0.225. The van der Waals surface area contributed by atoms with Crippen LogP contribution in [0.2, 0.25) is 0 Å². The van der Waals surface area contributed by atoms with Gasteiger partial charge in [-0.3, -0.25) is 4.79 Å². The smallest absolute Gasteiger partial charge is 0.226 e. The fraction of sp³-hybridized carbons (Fsp3) is 0.529. The molecule has 1 N–H and O–H groups in total. The van der Waals surface area contributed by atoms with Crippen LogP contribution in [-0.2, 0) is 11.3 Å². The summed E-state index contributed by atoms with van der Waals surface area (Å²) in [5, 5.41) is 12.2. The van der Waals surface area contributed by atoms with E-state index in [1.54, 1.807) is 12.1 Å². The summed E-state index contributed by atoms with van der Waals surface area (Å²) in [6.07, 6.45) is 3.33. The van der Waals surface area contributed by atoms with Crippen LogP contribution in [0.5, 0.6) is 0 Å². The van der Waals surface area contributed by atoms with Crippen molar-refractivity contribution in [3.63, 3.8) is 0 Å². The van der Waals surface area contributed by atoms with Gasteiger partial charge in [0.2, 0.25) is 5.91 Å². The molecule has 0 aromatic heterocycles. The van der Waals surface area contributed by atoms with Crippen LogP contribution in [0.15, 0.2) is 24.3 Å². The lowest BCUT2D eigenvalue weighted by Crippen LogP contribution is -2.34. The summed E-state index contributed by atoms with van der Waals surface area (Å²) in [5.74, 6) is 0.504. The lowest BCUT2D eigenvalue weighted by atomic mass is 9.91. The molecule has 0 radical (unpaired) electrons. The summed E-state index contributed by atoms with van der Waals surface area (Å²) in [6.45, 7) is 2.71. The van der Waals surface area contributed by atoms with Crippen LogP contribution < -0.4 is 5.32 Å². The molecule has 21 heavy (non-hydrogen) atoms. The van der Waals surface area contributed by atoms with E-state index in [1.807, 2.05) is 24.1 Å². The van der Waals surface area contributed by atoms with Crippen molar-refractivity contribution in [1.82, 2.24) is 10.2 Å². The summed E-state index contributed by atoms with van der Waals surface area (Å²) in [6, 6.07) is 9.57. The van der Waals surface area contributed by atoms with E-state index in [9.17, 15) is 4.79 Å². The molecule has 1 aromatic rings. The van der Waals surface area contributed by atoms with Gasteiger partial charge in [0, 0.05) is 19.5 Å². The van der Waals surface area contributed by atoms with Crippen LogP contribution in [0.3, 0.4) is 0 Å².